The standard InChI is InChI=1S/C12H12O2/c1-7-3-4-8(2)12-10(14)6-5-9(13)11(7)12/h3-6,13-14H,1-2H3. The Hall–Kier alpha value is -1.70. The van der Waals surface area contributed by atoms with E-state index < -0.39 is 0 Å². The van der Waals surface area contributed by atoms with Crippen LogP contribution < -0.4 is 0 Å². The maximum Gasteiger partial charge on any atom is 0.123 e. The summed E-state index contributed by atoms with van der Waals surface area (Å²) in [7, 11) is 0. The maximum atomic E-state index is 9.69. The predicted molar refractivity (Wildman–Crippen MR) is 56.8 cm³/mol. The largest absolute Gasteiger partial charge is 0.507 e. The number of phenols is 2. The van der Waals surface area contributed by atoms with Gasteiger partial charge in [-0.15, -0.1) is 0 Å². The van der Waals surface area contributed by atoms with Gasteiger partial charge in [-0.3, -0.25) is 0 Å². The van der Waals surface area contributed by atoms with Gasteiger partial charge in [-0.25, -0.2) is 0 Å². The van der Waals surface area contributed by atoms with Crippen LogP contribution in [-0.2, 0) is 0 Å². The van der Waals surface area contributed by atoms with E-state index in [-0.39, 0.29) is 11.5 Å². The molecule has 2 rings (SSSR count). The van der Waals surface area contributed by atoms with E-state index >= 15 is 0 Å². The molecule has 2 aromatic carbocycles. The quantitative estimate of drug-likeness (QED) is 0.624. The number of benzene rings is 2. The molecule has 0 aliphatic carbocycles. The minimum absolute atomic E-state index is 0.221. The number of phenolic OH excluding ortho intramolecular Hbond substituents is 2. The first-order valence-corrected chi connectivity index (χ1v) is 4.52. The van der Waals surface area contributed by atoms with Crippen molar-refractivity contribution in [3.8, 4) is 11.5 Å². The van der Waals surface area contributed by atoms with Gasteiger partial charge in [0.05, 0.1) is 0 Å². The highest BCUT2D eigenvalue weighted by molar-refractivity contribution is 5.97. The summed E-state index contributed by atoms with van der Waals surface area (Å²) in [5, 5.41) is 20.9. The molecule has 2 heteroatoms. The fourth-order valence-corrected chi connectivity index (χ4v) is 1.80. The molecule has 0 aliphatic rings. The Bertz CT molecular complexity index is 412. The minimum Gasteiger partial charge on any atom is -0.507 e. The van der Waals surface area contributed by atoms with E-state index in [9.17, 15) is 10.2 Å². The molecule has 0 aliphatic heterocycles. The Morgan fingerprint density at radius 3 is 1.43 bits per heavy atom. The van der Waals surface area contributed by atoms with Gasteiger partial charge in [-0.05, 0) is 37.1 Å². The number of hydrogen-bond acceptors (Lipinski definition) is 2. The van der Waals surface area contributed by atoms with Gasteiger partial charge < -0.3 is 10.2 Å². The first kappa shape index (κ1) is 8.88. The van der Waals surface area contributed by atoms with Gasteiger partial charge in [-0.1, -0.05) is 12.1 Å². The fraction of sp³-hybridized carbons (Fsp3) is 0.167. The molecule has 2 aromatic rings. The van der Waals surface area contributed by atoms with Crippen LogP contribution in [0.15, 0.2) is 24.3 Å². The average Bonchev–Trinajstić information content (AvgIpc) is 2.16. The lowest BCUT2D eigenvalue weighted by molar-refractivity contribution is 0.469. The molecule has 0 atom stereocenters. The van der Waals surface area contributed by atoms with E-state index in [2.05, 4.69) is 0 Å². The molecule has 0 saturated heterocycles. The monoisotopic (exact) mass is 188 g/mol. The van der Waals surface area contributed by atoms with E-state index in [1.807, 2.05) is 26.0 Å². The molecule has 2 nitrogen and oxygen atoms in total. The second-order valence-corrected chi connectivity index (χ2v) is 3.55. The fourth-order valence-electron chi connectivity index (χ4n) is 1.80. The molecule has 0 heterocycles. The van der Waals surface area contributed by atoms with Crippen molar-refractivity contribution in [2.75, 3.05) is 0 Å². The third-order valence-electron chi connectivity index (χ3n) is 2.53. The van der Waals surface area contributed by atoms with Gasteiger partial charge in [0.1, 0.15) is 11.5 Å². The van der Waals surface area contributed by atoms with Crippen LogP contribution in [0.2, 0.25) is 0 Å². The molecule has 0 unspecified atom stereocenters. The second-order valence-electron chi connectivity index (χ2n) is 3.55. The third-order valence-corrected chi connectivity index (χ3v) is 2.53. The molecule has 0 spiro atoms. The topological polar surface area (TPSA) is 40.5 Å². The zero-order valence-corrected chi connectivity index (χ0v) is 8.20. The average molecular weight is 188 g/mol. The van der Waals surface area contributed by atoms with E-state index in [1.165, 1.54) is 12.1 Å². The van der Waals surface area contributed by atoms with Crippen molar-refractivity contribution in [1.82, 2.24) is 0 Å². The molecule has 0 aromatic heterocycles. The van der Waals surface area contributed by atoms with Gasteiger partial charge in [0.25, 0.3) is 0 Å². The molecule has 0 saturated carbocycles. The van der Waals surface area contributed by atoms with Crippen molar-refractivity contribution in [3.05, 3.63) is 35.4 Å². The highest BCUT2D eigenvalue weighted by Crippen LogP contribution is 2.35. The van der Waals surface area contributed by atoms with E-state index in [0.29, 0.717) is 0 Å². The molecule has 0 amide bonds. The Morgan fingerprint density at radius 2 is 1.07 bits per heavy atom. The van der Waals surface area contributed by atoms with Crippen LogP contribution in [0, 0.1) is 13.8 Å². The molecule has 14 heavy (non-hydrogen) atoms. The number of fused-ring (bicyclic) bond motifs is 1. The Kier molecular flexibility index (Phi) is 1.84. The molecule has 72 valence electrons. The second kappa shape index (κ2) is 2.91. The third kappa shape index (κ3) is 1.11. The van der Waals surface area contributed by atoms with Crippen molar-refractivity contribution in [1.29, 1.82) is 0 Å². The Balaban J connectivity index is 3.05. The highest BCUT2D eigenvalue weighted by atomic mass is 16.3. The van der Waals surface area contributed by atoms with Gasteiger partial charge in [0.2, 0.25) is 0 Å². The van der Waals surface area contributed by atoms with Crippen LogP contribution in [0.5, 0.6) is 11.5 Å². The van der Waals surface area contributed by atoms with Crippen molar-refractivity contribution in [2.24, 2.45) is 0 Å². The van der Waals surface area contributed by atoms with E-state index in [4.69, 9.17) is 0 Å². The smallest absolute Gasteiger partial charge is 0.123 e. The normalized spacial score (nSPS) is 10.7. The summed E-state index contributed by atoms with van der Waals surface area (Å²) in [4.78, 5) is 0. The van der Waals surface area contributed by atoms with Gasteiger partial charge in [-0.2, -0.15) is 0 Å². The molecule has 0 bridgehead atoms. The van der Waals surface area contributed by atoms with Crippen molar-refractivity contribution in [2.45, 2.75) is 13.8 Å². The number of aromatic hydroxyl groups is 2. The summed E-state index contributed by atoms with van der Waals surface area (Å²) in [5.74, 6) is 0.443. The number of aryl methyl sites for hydroxylation is 2. The highest BCUT2D eigenvalue weighted by Gasteiger charge is 2.08. The van der Waals surface area contributed by atoms with Crippen LogP contribution >= 0.6 is 0 Å². The van der Waals surface area contributed by atoms with Crippen LogP contribution in [0.1, 0.15) is 11.1 Å². The number of hydrogen-bond donors (Lipinski definition) is 2. The van der Waals surface area contributed by atoms with Crippen molar-refractivity contribution < 1.29 is 10.2 Å². The summed E-state index contributed by atoms with van der Waals surface area (Å²) in [6.07, 6.45) is 0. The van der Waals surface area contributed by atoms with Gasteiger partial charge in [0.15, 0.2) is 0 Å². The summed E-state index contributed by atoms with van der Waals surface area (Å²) in [6.45, 7) is 3.84. The summed E-state index contributed by atoms with van der Waals surface area (Å²) < 4.78 is 0. The van der Waals surface area contributed by atoms with Crippen molar-refractivity contribution >= 4 is 10.8 Å². The van der Waals surface area contributed by atoms with Gasteiger partial charge >= 0.3 is 0 Å². The minimum atomic E-state index is 0.221. The molecular weight excluding hydrogens is 176 g/mol. The molecule has 2 N–H and O–H groups in total. The Morgan fingerprint density at radius 1 is 0.714 bits per heavy atom. The summed E-state index contributed by atoms with van der Waals surface area (Å²) >= 11 is 0. The zero-order valence-electron chi connectivity index (χ0n) is 8.20. The van der Waals surface area contributed by atoms with E-state index in [1.54, 1.807) is 0 Å². The first-order chi connectivity index (χ1) is 6.61. The van der Waals surface area contributed by atoms with E-state index in [0.717, 1.165) is 21.9 Å². The van der Waals surface area contributed by atoms with Crippen LogP contribution in [0.25, 0.3) is 10.8 Å². The first-order valence-electron chi connectivity index (χ1n) is 4.52. The summed E-state index contributed by atoms with van der Waals surface area (Å²) in [5.41, 5.74) is 1.94. The molecular formula is C12H12O2. The lowest BCUT2D eigenvalue weighted by Gasteiger charge is -2.08. The van der Waals surface area contributed by atoms with Gasteiger partial charge in [0, 0.05) is 10.8 Å². The molecule has 0 fully saturated rings. The summed E-state index contributed by atoms with van der Waals surface area (Å²) in [6, 6.07) is 6.92. The Labute approximate surface area is 82.4 Å². The SMILES string of the molecule is Cc1ccc(C)c2c(O)ccc(O)c12. The zero-order chi connectivity index (χ0) is 10.3. The maximum absolute atomic E-state index is 9.69. The number of rotatable bonds is 0. The predicted octanol–water partition coefficient (Wildman–Crippen LogP) is 2.87. The lowest BCUT2D eigenvalue weighted by Crippen LogP contribution is -1.84. The lowest BCUT2D eigenvalue weighted by atomic mass is 9.99. The van der Waals surface area contributed by atoms with Crippen molar-refractivity contribution in [3.63, 3.8) is 0 Å². The van der Waals surface area contributed by atoms with Crippen LogP contribution in [-0.4, -0.2) is 10.2 Å². The van der Waals surface area contributed by atoms with Crippen LogP contribution in [0.4, 0.5) is 0 Å². The molecule has 0 radical (unpaired) electrons. The van der Waals surface area contributed by atoms with Crippen LogP contribution in [0.3, 0.4) is 0 Å².